The van der Waals surface area contributed by atoms with E-state index in [-0.39, 0.29) is 0 Å². The number of hydrogen-bond acceptors (Lipinski definition) is 3. The van der Waals surface area contributed by atoms with Gasteiger partial charge in [-0.05, 0) is 43.2 Å². The highest BCUT2D eigenvalue weighted by Crippen LogP contribution is 2.30. The molecule has 0 aromatic heterocycles. The number of hydrogen-bond donors (Lipinski definition) is 1. The molecule has 0 fully saturated rings. The molecule has 0 aliphatic carbocycles. The molecule has 15 heavy (non-hydrogen) atoms. The van der Waals surface area contributed by atoms with Crippen LogP contribution < -0.4 is 0 Å². The molecule has 1 aromatic rings. The van der Waals surface area contributed by atoms with Crippen LogP contribution in [0.4, 0.5) is 0 Å². The normalized spacial score (nSPS) is 17.8. The standard InChI is InChI=1S/C11H12O3S/c1-11(2,12)9-3-4-10-8(7-9)5-6-15(10,13)14/h3-7,12H,1-2H3. The first-order valence-electron chi connectivity index (χ1n) is 4.61. The van der Waals surface area contributed by atoms with Crippen LogP contribution in [-0.2, 0) is 15.4 Å². The Labute approximate surface area is 89.0 Å². The SMILES string of the molecule is CC(C)(O)c1ccc2c(c1)C=CS2(=O)=O. The molecule has 0 spiro atoms. The summed E-state index contributed by atoms with van der Waals surface area (Å²) in [5, 5.41) is 11.0. The maximum atomic E-state index is 11.5. The molecular weight excluding hydrogens is 212 g/mol. The molecule has 3 nitrogen and oxygen atoms in total. The Balaban J connectivity index is 2.61. The lowest BCUT2D eigenvalue weighted by Crippen LogP contribution is -2.15. The lowest BCUT2D eigenvalue weighted by Gasteiger charge is -2.18. The topological polar surface area (TPSA) is 54.4 Å². The van der Waals surface area contributed by atoms with E-state index in [1.54, 1.807) is 32.1 Å². The third-order valence-electron chi connectivity index (χ3n) is 2.45. The van der Waals surface area contributed by atoms with E-state index in [4.69, 9.17) is 0 Å². The fourth-order valence-electron chi connectivity index (χ4n) is 1.55. The maximum Gasteiger partial charge on any atom is 0.200 e. The molecule has 1 aromatic carbocycles. The molecule has 2 rings (SSSR count). The molecule has 1 aliphatic rings. The minimum Gasteiger partial charge on any atom is -0.386 e. The van der Waals surface area contributed by atoms with E-state index in [1.165, 1.54) is 11.5 Å². The van der Waals surface area contributed by atoms with Crippen molar-refractivity contribution >= 4 is 15.9 Å². The summed E-state index contributed by atoms with van der Waals surface area (Å²) < 4.78 is 22.9. The van der Waals surface area contributed by atoms with Crippen molar-refractivity contribution in [2.24, 2.45) is 0 Å². The Bertz CT molecular complexity index is 533. The second-order valence-corrected chi connectivity index (χ2v) is 5.96. The van der Waals surface area contributed by atoms with Gasteiger partial charge in [-0.3, -0.25) is 0 Å². The highest BCUT2D eigenvalue weighted by molar-refractivity contribution is 7.94. The summed E-state index contributed by atoms with van der Waals surface area (Å²) in [6.45, 7) is 3.34. The Morgan fingerprint density at radius 3 is 2.53 bits per heavy atom. The molecule has 80 valence electrons. The van der Waals surface area contributed by atoms with Gasteiger partial charge in [0.05, 0.1) is 10.5 Å². The van der Waals surface area contributed by atoms with Crippen LogP contribution in [0.25, 0.3) is 6.08 Å². The quantitative estimate of drug-likeness (QED) is 0.789. The molecule has 4 heteroatoms. The number of sulfone groups is 1. The summed E-state index contributed by atoms with van der Waals surface area (Å²) in [6.07, 6.45) is 1.56. The van der Waals surface area contributed by atoms with Crippen molar-refractivity contribution in [1.29, 1.82) is 0 Å². The molecular formula is C11H12O3S. The van der Waals surface area contributed by atoms with Crippen LogP contribution in [0, 0.1) is 0 Å². The molecule has 0 unspecified atom stereocenters. The van der Waals surface area contributed by atoms with Crippen LogP contribution in [0.3, 0.4) is 0 Å². The van der Waals surface area contributed by atoms with E-state index in [9.17, 15) is 13.5 Å². The molecule has 0 amide bonds. The molecule has 0 saturated heterocycles. The third-order valence-corrected chi connectivity index (χ3v) is 3.93. The average molecular weight is 224 g/mol. The van der Waals surface area contributed by atoms with Gasteiger partial charge in [0.25, 0.3) is 0 Å². The highest BCUT2D eigenvalue weighted by atomic mass is 32.2. The van der Waals surface area contributed by atoms with Gasteiger partial charge in [0.2, 0.25) is 0 Å². The number of rotatable bonds is 1. The average Bonchev–Trinajstić information content (AvgIpc) is 2.41. The molecule has 1 N–H and O–H groups in total. The summed E-state index contributed by atoms with van der Waals surface area (Å²) in [7, 11) is -3.23. The number of aliphatic hydroxyl groups is 1. The Morgan fingerprint density at radius 2 is 1.93 bits per heavy atom. The van der Waals surface area contributed by atoms with Gasteiger partial charge in [-0.1, -0.05) is 6.07 Å². The summed E-state index contributed by atoms with van der Waals surface area (Å²) in [5.74, 6) is 0. The summed E-state index contributed by atoms with van der Waals surface area (Å²) in [6, 6.07) is 4.89. The lowest BCUT2D eigenvalue weighted by atomic mass is 9.97. The summed E-state index contributed by atoms with van der Waals surface area (Å²) in [5.41, 5.74) is 0.410. The van der Waals surface area contributed by atoms with E-state index in [1.807, 2.05) is 0 Å². The van der Waals surface area contributed by atoms with E-state index in [2.05, 4.69) is 0 Å². The van der Waals surface area contributed by atoms with Gasteiger partial charge in [0.1, 0.15) is 0 Å². The van der Waals surface area contributed by atoms with Crippen molar-refractivity contribution in [2.45, 2.75) is 24.3 Å². The molecule has 0 atom stereocenters. The monoisotopic (exact) mass is 224 g/mol. The predicted molar refractivity (Wildman–Crippen MR) is 57.9 cm³/mol. The zero-order valence-corrected chi connectivity index (χ0v) is 9.38. The van der Waals surface area contributed by atoms with Crippen molar-refractivity contribution < 1.29 is 13.5 Å². The summed E-state index contributed by atoms with van der Waals surface area (Å²) in [4.78, 5) is 0.315. The zero-order valence-electron chi connectivity index (χ0n) is 8.56. The van der Waals surface area contributed by atoms with E-state index in [0.717, 1.165) is 0 Å². The Hall–Kier alpha value is -1.13. The fourth-order valence-corrected chi connectivity index (χ4v) is 2.74. The molecule has 0 bridgehead atoms. The van der Waals surface area contributed by atoms with Gasteiger partial charge in [0, 0.05) is 5.41 Å². The van der Waals surface area contributed by atoms with Gasteiger partial charge >= 0.3 is 0 Å². The predicted octanol–water partition coefficient (Wildman–Crippen LogP) is 1.67. The van der Waals surface area contributed by atoms with Crippen molar-refractivity contribution in [1.82, 2.24) is 0 Å². The molecule has 1 aliphatic heterocycles. The van der Waals surface area contributed by atoms with E-state index < -0.39 is 15.4 Å². The minimum atomic E-state index is -3.23. The van der Waals surface area contributed by atoms with Crippen LogP contribution in [-0.4, -0.2) is 13.5 Å². The third kappa shape index (κ3) is 1.70. The largest absolute Gasteiger partial charge is 0.386 e. The van der Waals surface area contributed by atoms with Gasteiger partial charge in [-0.2, -0.15) is 0 Å². The Morgan fingerprint density at radius 1 is 1.27 bits per heavy atom. The highest BCUT2D eigenvalue weighted by Gasteiger charge is 2.23. The summed E-state index contributed by atoms with van der Waals surface area (Å²) >= 11 is 0. The van der Waals surface area contributed by atoms with Crippen molar-refractivity contribution in [3.63, 3.8) is 0 Å². The first-order valence-corrected chi connectivity index (χ1v) is 6.15. The zero-order chi connectivity index (χ0) is 11.3. The maximum absolute atomic E-state index is 11.5. The van der Waals surface area contributed by atoms with Gasteiger partial charge in [-0.25, -0.2) is 8.42 Å². The van der Waals surface area contributed by atoms with Crippen LogP contribution in [0.2, 0.25) is 0 Å². The van der Waals surface area contributed by atoms with Crippen molar-refractivity contribution in [3.05, 3.63) is 34.7 Å². The first-order chi connectivity index (χ1) is 6.81. The molecule has 1 heterocycles. The van der Waals surface area contributed by atoms with Crippen LogP contribution in [0.5, 0.6) is 0 Å². The second-order valence-electron chi connectivity index (χ2n) is 4.16. The first kappa shape index (κ1) is 10.4. The number of benzene rings is 1. The smallest absolute Gasteiger partial charge is 0.200 e. The number of fused-ring (bicyclic) bond motifs is 1. The second kappa shape index (κ2) is 2.93. The lowest BCUT2D eigenvalue weighted by molar-refractivity contribution is 0.0785. The van der Waals surface area contributed by atoms with Gasteiger partial charge in [0.15, 0.2) is 9.84 Å². The van der Waals surface area contributed by atoms with E-state index >= 15 is 0 Å². The van der Waals surface area contributed by atoms with Crippen molar-refractivity contribution in [2.75, 3.05) is 0 Å². The van der Waals surface area contributed by atoms with Gasteiger partial charge < -0.3 is 5.11 Å². The fraction of sp³-hybridized carbons (Fsp3) is 0.273. The van der Waals surface area contributed by atoms with Crippen LogP contribution >= 0.6 is 0 Å². The molecule has 0 saturated carbocycles. The Kier molecular flexibility index (Phi) is 2.03. The van der Waals surface area contributed by atoms with E-state index in [0.29, 0.717) is 16.0 Å². The van der Waals surface area contributed by atoms with Crippen LogP contribution in [0.1, 0.15) is 25.0 Å². The van der Waals surface area contributed by atoms with Gasteiger partial charge in [-0.15, -0.1) is 0 Å². The molecule has 0 radical (unpaired) electrons. The van der Waals surface area contributed by atoms with Crippen LogP contribution in [0.15, 0.2) is 28.5 Å². The van der Waals surface area contributed by atoms with Crippen molar-refractivity contribution in [3.8, 4) is 0 Å². The minimum absolute atomic E-state index is 0.315.